The SMILES string of the molecule is COc1cccc(C(=O)N2CC(N(Cc3ccccc3C)C3CC3)CC2C(=O)N2CCCNCC2)c1. The Balaban J connectivity index is 1.42. The van der Waals surface area contributed by atoms with E-state index >= 15 is 0 Å². The molecule has 0 radical (unpaired) electrons. The van der Waals surface area contributed by atoms with Crippen LogP contribution in [0, 0.1) is 6.92 Å². The summed E-state index contributed by atoms with van der Waals surface area (Å²) in [5, 5.41) is 3.38. The van der Waals surface area contributed by atoms with Gasteiger partial charge in [-0.05, 0) is 68.5 Å². The average molecular weight is 491 g/mol. The molecular formula is C29H38N4O3. The van der Waals surface area contributed by atoms with E-state index in [0.29, 0.717) is 36.9 Å². The maximum Gasteiger partial charge on any atom is 0.254 e. The molecule has 0 bridgehead atoms. The van der Waals surface area contributed by atoms with Gasteiger partial charge >= 0.3 is 0 Å². The van der Waals surface area contributed by atoms with Crippen molar-refractivity contribution in [2.45, 2.75) is 57.3 Å². The van der Waals surface area contributed by atoms with Gasteiger partial charge in [-0.1, -0.05) is 30.3 Å². The van der Waals surface area contributed by atoms with Gasteiger partial charge in [0.1, 0.15) is 11.8 Å². The first kappa shape index (κ1) is 24.8. The van der Waals surface area contributed by atoms with Crippen LogP contribution in [-0.2, 0) is 11.3 Å². The fourth-order valence-corrected chi connectivity index (χ4v) is 5.66. The summed E-state index contributed by atoms with van der Waals surface area (Å²) in [6.07, 6.45) is 3.99. The Kier molecular flexibility index (Phi) is 7.58. The van der Waals surface area contributed by atoms with Crippen molar-refractivity contribution in [3.63, 3.8) is 0 Å². The molecule has 2 saturated heterocycles. The molecule has 2 atom stereocenters. The maximum absolute atomic E-state index is 13.8. The molecule has 1 N–H and O–H groups in total. The van der Waals surface area contributed by atoms with E-state index in [-0.39, 0.29) is 17.9 Å². The van der Waals surface area contributed by atoms with Gasteiger partial charge in [-0.15, -0.1) is 0 Å². The van der Waals surface area contributed by atoms with Crippen molar-refractivity contribution in [1.82, 2.24) is 20.0 Å². The van der Waals surface area contributed by atoms with E-state index in [0.717, 1.165) is 32.6 Å². The fourth-order valence-electron chi connectivity index (χ4n) is 5.66. The minimum atomic E-state index is -0.440. The summed E-state index contributed by atoms with van der Waals surface area (Å²) in [5.41, 5.74) is 3.18. The van der Waals surface area contributed by atoms with Crippen molar-refractivity contribution in [1.29, 1.82) is 0 Å². The highest BCUT2D eigenvalue weighted by Crippen LogP contribution is 2.36. The summed E-state index contributed by atoms with van der Waals surface area (Å²) >= 11 is 0. The zero-order valence-corrected chi connectivity index (χ0v) is 21.5. The van der Waals surface area contributed by atoms with Gasteiger partial charge in [0.05, 0.1) is 7.11 Å². The maximum atomic E-state index is 13.8. The largest absolute Gasteiger partial charge is 0.497 e. The van der Waals surface area contributed by atoms with Gasteiger partial charge in [-0.25, -0.2) is 0 Å². The number of hydrogen-bond acceptors (Lipinski definition) is 5. The molecule has 2 aromatic rings. The third kappa shape index (κ3) is 5.42. The number of likely N-dealkylation sites (tertiary alicyclic amines) is 1. The minimum absolute atomic E-state index is 0.0871. The Morgan fingerprint density at radius 1 is 1.06 bits per heavy atom. The van der Waals surface area contributed by atoms with Crippen LogP contribution >= 0.6 is 0 Å². The molecule has 36 heavy (non-hydrogen) atoms. The van der Waals surface area contributed by atoms with Crippen LogP contribution in [0.15, 0.2) is 48.5 Å². The molecule has 2 unspecified atom stereocenters. The van der Waals surface area contributed by atoms with Crippen LogP contribution in [0.2, 0.25) is 0 Å². The number of ether oxygens (including phenoxy) is 1. The summed E-state index contributed by atoms with van der Waals surface area (Å²) in [5.74, 6) is 0.649. The summed E-state index contributed by atoms with van der Waals surface area (Å²) < 4.78 is 5.37. The summed E-state index contributed by atoms with van der Waals surface area (Å²) in [6.45, 7) is 6.75. The van der Waals surface area contributed by atoms with E-state index in [9.17, 15) is 9.59 Å². The van der Waals surface area contributed by atoms with Gasteiger partial charge in [-0.2, -0.15) is 0 Å². The van der Waals surface area contributed by atoms with Gasteiger partial charge < -0.3 is 19.9 Å². The predicted molar refractivity (Wildman–Crippen MR) is 140 cm³/mol. The molecule has 3 aliphatic rings. The van der Waals surface area contributed by atoms with Crippen LogP contribution in [0.3, 0.4) is 0 Å². The molecule has 2 aromatic carbocycles. The molecule has 2 heterocycles. The minimum Gasteiger partial charge on any atom is -0.497 e. The lowest BCUT2D eigenvalue weighted by Gasteiger charge is -2.29. The molecule has 0 aromatic heterocycles. The van der Waals surface area contributed by atoms with E-state index in [1.165, 1.54) is 24.0 Å². The van der Waals surface area contributed by atoms with E-state index in [1.54, 1.807) is 13.2 Å². The number of methoxy groups -OCH3 is 1. The number of benzene rings is 2. The van der Waals surface area contributed by atoms with Crippen molar-refractivity contribution in [2.75, 3.05) is 39.8 Å². The second-order valence-electron chi connectivity index (χ2n) is 10.4. The van der Waals surface area contributed by atoms with Crippen LogP contribution in [0.4, 0.5) is 0 Å². The third-order valence-corrected chi connectivity index (χ3v) is 7.89. The lowest BCUT2D eigenvalue weighted by Crippen LogP contribution is -2.48. The summed E-state index contributed by atoms with van der Waals surface area (Å²) in [6, 6.07) is 16.1. The van der Waals surface area contributed by atoms with Crippen molar-refractivity contribution in [3.05, 3.63) is 65.2 Å². The molecular weight excluding hydrogens is 452 g/mol. The molecule has 3 fully saturated rings. The molecule has 5 rings (SSSR count). The molecule has 0 spiro atoms. The highest BCUT2D eigenvalue weighted by molar-refractivity contribution is 5.98. The highest BCUT2D eigenvalue weighted by atomic mass is 16.5. The Morgan fingerprint density at radius 2 is 1.89 bits per heavy atom. The number of nitrogens with zero attached hydrogens (tertiary/aromatic N) is 3. The summed E-state index contributed by atoms with van der Waals surface area (Å²) in [7, 11) is 1.61. The number of carbonyl (C=O) groups excluding carboxylic acids is 2. The second-order valence-corrected chi connectivity index (χ2v) is 10.4. The highest BCUT2D eigenvalue weighted by Gasteiger charge is 2.46. The van der Waals surface area contributed by atoms with Crippen molar-refractivity contribution < 1.29 is 14.3 Å². The number of amides is 2. The van der Waals surface area contributed by atoms with Gasteiger partial charge in [0.25, 0.3) is 5.91 Å². The van der Waals surface area contributed by atoms with E-state index in [4.69, 9.17) is 4.74 Å². The molecule has 2 aliphatic heterocycles. The monoisotopic (exact) mass is 490 g/mol. The van der Waals surface area contributed by atoms with Crippen LogP contribution in [0.25, 0.3) is 0 Å². The van der Waals surface area contributed by atoms with Crippen molar-refractivity contribution >= 4 is 11.8 Å². The average Bonchev–Trinajstić information content (AvgIpc) is 3.70. The Morgan fingerprint density at radius 3 is 2.67 bits per heavy atom. The zero-order valence-electron chi connectivity index (χ0n) is 21.5. The number of aryl methyl sites for hydroxylation is 1. The van der Waals surface area contributed by atoms with Gasteiger partial charge in [-0.3, -0.25) is 14.5 Å². The van der Waals surface area contributed by atoms with E-state index < -0.39 is 6.04 Å². The van der Waals surface area contributed by atoms with Crippen LogP contribution in [0.5, 0.6) is 5.75 Å². The van der Waals surface area contributed by atoms with Crippen molar-refractivity contribution in [2.24, 2.45) is 0 Å². The fraction of sp³-hybridized carbons (Fsp3) is 0.517. The van der Waals surface area contributed by atoms with Gasteiger partial charge in [0, 0.05) is 50.4 Å². The zero-order chi connectivity index (χ0) is 25.1. The first-order chi connectivity index (χ1) is 17.5. The van der Waals surface area contributed by atoms with Crippen molar-refractivity contribution in [3.8, 4) is 5.75 Å². The number of nitrogens with one attached hydrogen (secondary N) is 1. The third-order valence-electron chi connectivity index (χ3n) is 7.89. The quantitative estimate of drug-likeness (QED) is 0.646. The van der Waals surface area contributed by atoms with E-state index in [2.05, 4.69) is 41.4 Å². The Hall–Kier alpha value is -2.90. The predicted octanol–water partition coefficient (Wildman–Crippen LogP) is 3.07. The Bertz CT molecular complexity index is 1080. The molecule has 1 aliphatic carbocycles. The first-order valence-electron chi connectivity index (χ1n) is 13.3. The molecule has 7 heteroatoms. The standard InChI is InChI=1S/C29H38N4O3/c1-21-7-3-4-8-23(21)19-32(24-11-12-24)25-18-27(29(35)31-15-6-13-30-14-16-31)33(20-25)28(34)22-9-5-10-26(17-22)36-2/h3-5,7-10,17,24-25,27,30H,6,11-16,18-20H2,1-2H3. The molecule has 7 nitrogen and oxygen atoms in total. The normalized spacial score (nSPS) is 22.5. The summed E-state index contributed by atoms with van der Waals surface area (Å²) in [4.78, 5) is 34.0. The lowest BCUT2D eigenvalue weighted by atomic mass is 10.1. The number of hydrogen-bond donors (Lipinski definition) is 1. The van der Waals surface area contributed by atoms with Gasteiger partial charge in [0.2, 0.25) is 5.91 Å². The van der Waals surface area contributed by atoms with E-state index in [1.807, 2.05) is 28.0 Å². The smallest absolute Gasteiger partial charge is 0.254 e. The molecule has 2 amide bonds. The second kappa shape index (κ2) is 11.0. The lowest BCUT2D eigenvalue weighted by molar-refractivity contribution is -0.135. The first-order valence-corrected chi connectivity index (χ1v) is 13.3. The van der Waals surface area contributed by atoms with Crippen LogP contribution < -0.4 is 10.1 Å². The van der Waals surface area contributed by atoms with Gasteiger partial charge in [0.15, 0.2) is 0 Å². The van der Waals surface area contributed by atoms with Crippen LogP contribution in [0.1, 0.15) is 47.2 Å². The number of rotatable bonds is 7. The van der Waals surface area contributed by atoms with Crippen LogP contribution in [-0.4, -0.2) is 84.5 Å². The Labute approximate surface area is 214 Å². The molecule has 1 saturated carbocycles. The molecule has 192 valence electrons. The topological polar surface area (TPSA) is 65.1 Å². The number of carbonyl (C=O) groups is 2.